The molecule has 0 bridgehead atoms. The molecular weight excluding hydrogens is 312 g/mol. The summed E-state index contributed by atoms with van der Waals surface area (Å²) in [4.78, 5) is 12.1. The maximum absolute atomic E-state index is 12.1. The van der Waals surface area contributed by atoms with Gasteiger partial charge in [0.15, 0.2) is 9.84 Å². The first-order valence-electron chi connectivity index (χ1n) is 7.70. The number of hydrogen-bond acceptors (Lipinski definition) is 4. The predicted molar refractivity (Wildman–Crippen MR) is 84.3 cm³/mol. The molecule has 5 nitrogen and oxygen atoms in total. The molecule has 1 amide bonds. The minimum absolute atomic E-state index is 0. The molecule has 3 rings (SSSR count). The van der Waals surface area contributed by atoms with E-state index in [2.05, 4.69) is 10.6 Å². The van der Waals surface area contributed by atoms with E-state index in [9.17, 15) is 13.2 Å². The van der Waals surface area contributed by atoms with Crippen molar-refractivity contribution >= 4 is 28.2 Å². The molecule has 2 saturated carbocycles. The Kier molecular flexibility index (Phi) is 5.21. The highest BCUT2D eigenvalue weighted by Crippen LogP contribution is 2.58. The summed E-state index contributed by atoms with van der Waals surface area (Å²) in [5.41, 5.74) is 0.224. The van der Waals surface area contributed by atoms with Crippen molar-refractivity contribution in [3.63, 3.8) is 0 Å². The van der Waals surface area contributed by atoms with E-state index >= 15 is 0 Å². The molecule has 21 heavy (non-hydrogen) atoms. The van der Waals surface area contributed by atoms with Crippen LogP contribution in [0.4, 0.5) is 0 Å². The van der Waals surface area contributed by atoms with Crippen LogP contribution in [-0.2, 0) is 14.6 Å². The summed E-state index contributed by atoms with van der Waals surface area (Å²) in [5, 5.41) is 6.14. The number of hydrogen-bond donors (Lipinski definition) is 2. The normalized spacial score (nSPS) is 27.0. The monoisotopic (exact) mass is 336 g/mol. The zero-order chi connectivity index (χ0) is 14.2. The Morgan fingerprint density at radius 2 is 1.90 bits per heavy atom. The van der Waals surface area contributed by atoms with Crippen molar-refractivity contribution in [2.75, 3.05) is 31.1 Å². The van der Waals surface area contributed by atoms with Gasteiger partial charge in [0, 0.05) is 12.5 Å². The Bertz CT molecular complexity index is 484. The molecule has 0 aromatic carbocycles. The summed E-state index contributed by atoms with van der Waals surface area (Å²) in [7, 11) is -2.98. The summed E-state index contributed by atoms with van der Waals surface area (Å²) in [5.74, 6) is 0.972. The molecule has 1 unspecified atom stereocenters. The highest BCUT2D eigenvalue weighted by molar-refractivity contribution is 7.91. The number of sulfone groups is 1. The van der Waals surface area contributed by atoms with Crippen LogP contribution in [0.1, 0.15) is 32.1 Å². The van der Waals surface area contributed by atoms with Crippen LogP contribution in [-0.4, -0.2) is 45.5 Å². The van der Waals surface area contributed by atoms with Crippen molar-refractivity contribution < 1.29 is 13.2 Å². The summed E-state index contributed by atoms with van der Waals surface area (Å²) in [6.07, 6.45) is 5.22. The quantitative estimate of drug-likeness (QED) is 0.750. The lowest BCUT2D eigenvalue weighted by atomic mass is 9.92. The van der Waals surface area contributed by atoms with Gasteiger partial charge in [0.2, 0.25) is 5.91 Å². The Hall–Kier alpha value is -0.330. The molecule has 1 atom stereocenters. The number of carbonyl (C=O) groups is 1. The van der Waals surface area contributed by atoms with E-state index in [1.165, 1.54) is 0 Å². The van der Waals surface area contributed by atoms with Crippen molar-refractivity contribution in [1.82, 2.24) is 10.6 Å². The maximum atomic E-state index is 12.1. The van der Waals surface area contributed by atoms with Gasteiger partial charge >= 0.3 is 0 Å². The molecule has 7 heteroatoms. The molecule has 0 aromatic rings. The van der Waals surface area contributed by atoms with Gasteiger partial charge in [0.05, 0.1) is 11.5 Å². The van der Waals surface area contributed by atoms with Crippen molar-refractivity contribution in [2.45, 2.75) is 32.1 Å². The lowest BCUT2D eigenvalue weighted by Crippen LogP contribution is -2.35. The minimum Gasteiger partial charge on any atom is -0.355 e. The zero-order valence-corrected chi connectivity index (χ0v) is 13.9. The maximum Gasteiger partial charge on any atom is 0.223 e. The lowest BCUT2D eigenvalue weighted by molar-refractivity contribution is -0.123. The summed E-state index contributed by atoms with van der Waals surface area (Å²) in [6.45, 7) is 2.28. The van der Waals surface area contributed by atoms with Crippen LogP contribution < -0.4 is 10.6 Å². The Balaban J connectivity index is 0.00000161. The standard InChI is InChI=1S/C14H24N2O3S.ClH/c17-13(12-9-14(12)3-5-15-6-4-14)16-7-8-20(18,19)10-11-1-2-11;/h11-12,15H,1-10H2,(H,16,17);1H. The van der Waals surface area contributed by atoms with Gasteiger partial charge in [-0.25, -0.2) is 8.42 Å². The lowest BCUT2D eigenvalue weighted by Gasteiger charge is -2.23. The predicted octanol–water partition coefficient (Wildman–Crippen LogP) is 0.739. The topological polar surface area (TPSA) is 75.3 Å². The number of amides is 1. The average molecular weight is 337 g/mol. The molecule has 1 heterocycles. The Morgan fingerprint density at radius 1 is 1.24 bits per heavy atom. The smallest absolute Gasteiger partial charge is 0.223 e. The fraction of sp³-hybridized carbons (Fsp3) is 0.929. The highest BCUT2D eigenvalue weighted by atomic mass is 35.5. The fourth-order valence-corrected chi connectivity index (χ4v) is 5.01. The van der Waals surface area contributed by atoms with Crippen LogP contribution in [0, 0.1) is 17.3 Å². The first kappa shape index (κ1) is 17.0. The van der Waals surface area contributed by atoms with Crippen molar-refractivity contribution in [3.05, 3.63) is 0 Å². The van der Waals surface area contributed by atoms with E-state index in [1.54, 1.807) is 0 Å². The fourth-order valence-electron chi connectivity index (χ4n) is 3.38. The van der Waals surface area contributed by atoms with E-state index < -0.39 is 9.84 Å². The number of piperidine rings is 1. The molecule has 1 aliphatic heterocycles. The minimum atomic E-state index is -2.98. The molecule has 1 spiro atoms. The largest absolute Gasteiger partial charge is 0.355 e. The molecule has 0 radical (unpaired) electrons. The van der Waals surface area contributed by atoms with E-state index in [0.29, 0.717) is 11.7 Å². The SMILES string of the molecule is Cl.O=C(NCCS(=O)(=O)CC1CC1)C1CC12CCNCC2. The van der Waals surface area contributed by atoms with Crippen LogP contribution in [0.25, 0.3) is 0 Å². The molecule has 0 aromatic heterocycles. The number of nitrogens with one attached hydrogen (secondary N) is 2. The molecule has 3 fully saturated rings. The molecular formula is C14H25ClN2O3S. The molecule has 2 aliphatic carbocycles. The van der Waals surface area contributed by atoms with Gasteiger partial charge in [-0.15, -0.1) is 12.4 Å². The van der Waals surface area contributed by atoms with Crippen molar-refractivity contribution in [2.24, 2.45) is 17.3 Å². The van der Waals surface area contributed by atoms with Crippen molar-refractivity contribution in [1.29, 1.82) is 0 Å². The third-order valence-electron chi connectivity index (χ3n) is 5.00. The summed E-state index contributed by atoms with van der Waals surface area (Å²) < 4.78 is 23.6. The third-order valence-corrected chi connectivity index (χ3v) is 6.81. The van der Waals surface area contributed by atoms with Gasteiger partial charge in [-0.1, -0.05) is 0 Å². The van der Waals surface area contributed by atoms with Gasteiger partial charge in [-0.3, -0.25) is 4.79 Å². The first-order chi connectivity index (χ1) is 9.51. The van der Waals surface area contributed by atoms with Crippen LogP contribution in [0.15, 0.2) is 0 Å². The Labute approximate surface area is 133 Å². The molecule has 2 N–H and O–H groups in total. The second kappa shape index (κ2) is 6.42. The second-order valence-electron chi connectivity index (χ2n) is 6.72. The molecule has 3 aliphatic rings. The number of halogens is 1. The van der Waals surface area contributed by atoms with Crippen LogP contribution >= 0.6 is 12.4 Å². The summed E-state index contributed by atoms with van der Waals surface area (Å²) >= 11 is 0. The van der Waals surface area contributed by atoms with Gasteiger partial charge in [0.1, 0.15) is 0 Å². The van der Waals surface area contributed by atoms with E-state index in [4.69, 9.17) is 0 Å². The first-order valence-corrected chi connectivity index (χ1v) is 9.52. The average Bonchev–Trinajstić information content (AvgIpc) is 3.29. The zero-order valence-electron chi connectivity index (χ0n) is 12.3. The molecule has 1 saturated heterocycles. The van der Waals surface area contributed by atoms with Gasteiger partial charge < -0.3 is 10.6 Å². The van der Waals surface area contributed by atoms with Gasteiger partial charge in [-0.05, 0) is 56.5 Å². The Morgan fingerprint density at radius 3 is 2.52 bits per heavy atom. The third kappa shape index (κ3) is 4.33. The van der Waals surface area contributed by atoms with Crippen LogP contribution in [0.2, 0.25) is 0 Å². The van der Waals surface area contributed by atoms with Gasteiger partial charge in [0.25, 0.3) is 0 Å². The number of carbonyl (C=O) groups excluding carboxylic acids is 1. The van der Waals surface area contributed by atoms with Crippen LogP contribution in [0.5, 0.6) is 0 Å². The van der Waals surface area contributed by atoms with Crippen LogP contribution in [0.3, 0.4) is 0 Å². The van der Waals surface area contributed by atoms with E-state index in [-0.39, 0.29) is 41.9 Å². The van der Waals surface area contributed by atoms with E-state index in [0.717, 1.165) is 45.2 Å². The second-order valence-corrected chi connectivity index (χ2v) is 8.95. The summed E-state index contributed by atoms with van der Waals surface area (Å²) in [6, 6.07) is 0. The number of rotatable bonds is 6. The molecule has 122 valence electrons. The highest BCUT2D eigenvalue weighted by Gasteiger charge is 2.57. The van der Waals surface area contributed by atoms with Gasteiger partial charge in [-0.2, -0.15) is 0 Å². The van der Waals surface area contributed by atoms with Crippen molar-refractivity contribution in [3.8, 4) is 0 Å². The van der Waals surface area contributed by atoms with E-state index in [1.807, 2.05) is 0 Å².